The van der Waals surface area contributed by atoms with Crippen molar-refractivity contribution in [3.8, 4) is 0 Å². The summed E-state index contributed by atoms with van der Waals surface area (Å²) in [5.41, 5.74) is 7.23. The fourth-order valence-electron chi connectivity index (χ4n) is 6.75. The highest BCUT2D eigenvalue weighted by atomic mass is 31.2. The standard InChI is InChI=1S/C31H45N6O16P/c1-13-22-14(2)36(12-37(22)23-27(33-13)34-31(32)35-28(23)45)16-5-3-15(4-6-16)9-17(38)24(42)18(39)10-50-30-26(44)25(43)20(52-30)11-51-54(48,49)53-19(29(46)47)7-8-21(40)41/h3-6,13-14,17-20,22,24-26,30,38-39,42-44H,7-12H2,1-2H3,(H,40,41)(H,46,47)(H,48,49)(H4,32,33,34,35,45)/p-3/t13-,14+,17-,18+,19-,20+,22+,24-,25+,26+,30-/m0/s1. The molecule has 23 heteroatoms. The fraction of sp³-hybridized carbons (Fsp3) is 0.613. The maximum absolute atomic E-state index is 12.8. The van der Waals surface area contributed by atoms with Crippen LogP contribution in [0.2, 0.25) is 0 Å². The third-order valence-corrected chi connectivity index (χ3v) is 10.5. The molecule has 2 aromatic rings. The second-order valence-corrected chi connectivity index (χ2v) is 14.7. The number of benzene rings is 1. The molecule has 300 valence electrons. The average molecular weight is 786 g/mol. The number of anilines is 4. The quantitative estimate of drug-likeness (QED) is 0.0693. The first-order chi connectivity index (χ1) is 25.4. The van der Waals surface area contributed by atoms with Gasteiger partial charge in [-0.25, -0.2) is 0 Å². The van der Waals surface area contributed by atoms with Gasteiger partial charge in [-0.1, -0.05) is 12.1 Å². The largest absolute Gasteiger partial charge is 0.756 e. The van der Waals surface area contributed by atoms with Crippen molar-refractivity contribution < 1.29 is 73.3 Å². The molecule has 0 spiro atoms. The van der Waals surface area contributed by atoms with Gasteiger partial charge in [0.25, 0.3) is 13.4 Å². The van der Waals surface area contributed by atoms with Crippen molar-refractivity contribution in [3.63, 3.8) is 0 Å². The first kappa shape index (κ1) is 41.2. The smallest absolute Gasteiger partial charge is 0.278 e. The first-order valence-electron chi connectivity index (χ1n) is 16.9. The van der Waals surface area contributed by atoms with Gasteiger partial charge in [-0.05, 0) is 44.4 Å². The number of hydrogen-bond acceptors (Lipinski definition) is 21. The van der Waals surface area contributed by atoms with Gasteiger partial charge in [0.1, 0.15) is 42.3 Å². The lowest BCUT2D eigenvalue weighted by atomic mass is 9.98. The molecule has 5 rings (SSSR count). The SMILES string of the molecule is C[C@@H]1Nc2nc(N)[nH]c(=O)c2N2CN(c3ccc(C[C@H](O)[C@H](O)[C@H](O)CO[C@H]4O[C@H](COP(=O)([O-])O[C@@H](CCC(=O)[O-])C(=O)[O-])[C@@H](O)[C@H]4O)cc3)[C@H](C)[C@@H]12. The van der Waals surface area contributed by atoms with E-state index in [0.717, 1.165) is 5.69 Å². The number of carbonyl (C=O) groups excluding carboxylic acids is 2. The lowest BCUT2D eigenvalue weighted by Gasteiger charge is -2.37. The van der Waals surface area contributed by atoms with Crippen LogP contribution in [0, 0.1) is 0 Å². The summed E-state index contributed by atoms with van der Waals surface area (Å²) in [5.74, 6) is -3.28. The van der Waals surface area contributed by atoms with Gasteiger partial charge in [0.2, 0.25) is 5.95 Å². The number of carboxylic acids is 2. The molecule has 3 aliphatic heterocycles. The number of phosphoric ester groups is 1. The number of aliphatic carboxylic acids is 2. The molecule has 12 atom stereocenters. The molecule has 2 saturated heterocycles. The summed E-state index contributed by atoms with van der Waals surface area (Å²) in [6.07, 6.45) is -15.7. The van der Waals surface area contributed by atoms with Crippen molar-refractivity contribution in [3.05, 3.63) is 40.2 Å². The molecular weight excluding hydrogens is 743 g/mol. The third kappa shape index (κ3) is 9.29. The molecule has 9 N–H and O–H groups in total. The van der Waals surface area contributed by atoms with E-state index in [1.165, 1.54) is 0 Å². The number of carboxylic acid groups (broad SMARTS) is 2. The normalized spacial score (nSPS) is 28.3. The van der Waals surface area contributed by atoms with Gasteiger partial charge in [0.05, 0.1) is 44.0 Å². The van der Waals surface area contributed by atoms with Gasteiger partial charge in [-0.15, -0.1) is 0 Å². The van der Waals surface area contributed by atoms with Crippen molar-refractivity contribution >= 4 is 42.9 Å². The highest BCUT2D eigenvalue weighted by molar-refractivity contribution is 7.45. The van der Waals surface area contributed by atoms with E-state index in [1.807, 2.05) is 30.9 Å². The molecule has 0 radical (unpaired) electrons. The van der Waals surface area contributed by atoms with Crippen molar-refractivity contribution in [2.75, 3.05) is 40.7 Å². The molecule has 2 fully saturated rings. The Balaban J connectivity index is 1.10. The summed E-state index contributed by atoms with van der Waals surface area (Å²) in [6, 6.07) is 7.00. The van der Waals surface area contributed by atoms with Gasteiger partial charge >= 0.3 is 0 Å². The second-order valence-electron chi connectivity index (χ2n) is 13.3. The van der Waals surface area contributed by atoms with Crippen LogP contribution in [0.25, 0.3) is 0 Å². The maximum Gasteiger partial charge on any atom is 0.278 e. The predicted molar refractivity (Wildman–Crippen MR) is 178 cm³/mol. The van der Waals surface area contributed by atoms with Crippen molar-refractivity contribution in [2.45, 2.75) is 100 Å². The van der Waals surface area contributed by atoms with Crippen LogP contribution >= 0.6 is 7.82 Å². The molecule has 4 heterocycles. The van der Waals surface area contributed by atoms with E-state index in [9.17, 15) is 59.6 Å². The van der Waals surface area contributed by atoms with Gasteiger partial charge in [-0.2, -0.15) is 4.98 Å². The van der Waals surface area contributed by atoms with Gasteiger partial charge < -0.3 is 89.6 Å². The highest BCUT2D eigenvalue weighted by Crippen LogP contribution is 2.42. The first-order valence-corrected chi connectivity index (χ1v) is 18.3. The molecule has 22 nitrogen and oxygen atoms in total. The predicted octanol–water partition coefficient (Wildman–Crippen LogP) is -5.55. The summed E-state index contributed by atoms with van der Waals surface area (Å²) in [7, 11) is -5.42. The summed E-state index contributed by atoms with van der Waals surface area (Å²) in [5, 5.41) is 77.3. The minimum atomic E-state index is -5.42. The van der Waals surface area contributed by atoms with Gasteiger partial charge in [-0.3, -0.25) is 14.3 Å². The Kier molecular flexibility index (Phi) is 12.9. The topological polar surface area (TPSA) is 349 Å². The zero-order chi connectivity index (χ0) is 39.6. The average Bonchev–Trinajstić information content (AvgIpc) is 3.58. The number of nitrogens with one attached hydrogen (secondary N) is 2. The molecule has 0 saturated carbocycles. The molecule has 0 aliphatic carbocycles. The minimum Gasteiger partial charge on any atom is -0.756 e. The van der Waals surface area contributed by atoms with E-state index < -0.39 is 94.8 Å². The number of nitrogens with two attached hydrogens (primary N) is 1. The Bertz CT molecular complexity index is 1750. The second kappa shape index (κ2) is 16.8. The Labute approximate surface area is 307 Å². The zero-order valence-electron chi connectivity index (χ0n) is 29.0. The summed E-state index contributed by atoms with van der Waals surface area (Å²) < 4.78 is 31.5. The number of aromatic nitrogens is 2. The molecule has 3 aliphatic rings. The van der Waals surface area contributed by atoms with Crippen molar-refractivity contribution in [1.82, 2.24) is 9.97 Å². The number of phosphoric acid groups is 1. The minimum absolute atomic E-state index is 0.0112. The van der Waals surface area contributed by atoms with E-state index in [0.29, 0.717) is 23.7 Å². The molecule has 0 bridgehead atoms. The van der Waals surface area contributed by atoms with Crippen LogP contribution in [-0.4, -0.2) is 134 Å². The van der Waals surface area contributed by atoms with Gasteiger partial charge in [0, 0.05) is 24.1 Å². The number of H-pyrrole nitrogens is 1. The van der Waals surface area contributed by atoms with Crippen LogP contribution in [-0.2, 0) is 39.1 Å². The molecule has 1 aromatic heterocycles. The van der Waals surface area contributed by atoms with Crippen LogP contribution in [0.5, 0.6) is 0 Å². The Morgan fingerprint density at radius 3 is 2.44 bits per heavy atom. The number of carbonyl (C=O) groups is 2. The number of fused-ring (bicyclic) bond motifs is 3. The third-order valence-electron chi connectivity index (χ3n) is 9.51. The number of aliphatic hydroxyl groups is 5. The lowest BCUT2D eigenvalue weighted by Crippen LogP contribution is -2.52. The van der Waals surface area contributed by atoms with Crippen LogP contribution < -0.4 is 41.5 Å². The number of aromatic amines is 1. The van der Waals surface area contributed by atoms with E-state index in [-0.39, 0.29) is 36.1 Å². The number of ether oxygens (including phenoxy) is 2. The highest BCUT2D eigenvalue weighted by Gasteiger charge is 2.46. The van der Waals surface area contributed by atoms with Crippen molar-refractivity contribution in [2.24, 2.45) is 0 Å². The number of nitrogens with zero attached hydrogens (tertiary/aromatic N) is 3. The molecular formula is C31H42N6O16P-3. The maximum atomic E-state index is 12.8. The number of hydrogen-bond donors (Lipinski definition) is 8. The monoisotopic (exact) mass is 785 g/mol. The molecule has 1 unspecified atom stereocenters. The zero-order valence-corrected chi connectivity index (χ0v) is 29.9. The number of aliphatic hydroxyl groups excluding tert-OH is 5. The number of rotatable bonds is 17. The van der Waals surface area contributed by atoms with E-state index >= 15 is 0 Å². The van der Waals surface area contributed by atoms with Gasteiger partial charge in [0.15, 0.2) is 12.1 Å². The Morgan fingerprint density at radius 2 is 1.80 bits per heavy atom. The van der Waals surface area contributed by atoms with Crippen LogP contribution in [0.1, 0.15) is 32.3 Å². The van der Waals surface area contributed by atoms with Crippen LogP contribution in [0.15, 0.2) is 29.1 Å². The van der Waals surface area contributed by atoms with Crippen LogP contribution in [0.3, 0.4) is 0 Å². The van der Waals surface area contributed by atoms with Crippen LogP contribution in [0.4, 0.5) is 23.1 Å². The molecule has 0 amide bonds. The Hall–Kier alpha value is -3.93. The summed E-state index contributed by atoms with van der Waals surface area (Å²) >= 11 is 0. The lowest BCUT2D eigenvalue weighted by molar-refractivity contribution is -0.319. The van der Waals surface area contributed by atoms with E-state index in [1.54, 1.807) is 12.1 Å². The fourth-order valence-corrected chi connectivity index (χ4v) is 7.64. The van der Waals surface area contributed by atoms with Crippen molar-refractivity contribution in [1.29, 1.82) is 0 Å². The van der Waals surface area contributed by atoms with E-state index in [4.69, 9.17) is 15.2 Å². The van der Waals surface area contributed by atoms with E-state index in [2.05, 4.69) is 29.2 Å². The summed E-state index contributed by atoms with van der Waals surface area (Å²) in [6.45, 7) is 2.73. The molecule has 1 aromatic carbocycles. The Morgan fingerprint density at radius 1 is 1.11 bits per heavy atom. The number of nitrogen functional groups attached to an aromatic ring is 1. The molecule has 54 heavy (non-hydrogen) atoms. The summed E-state index contributed by atoms with van der Waals surface area (Å²) in [4.78, 5) is 57.4.